The fourth-order valence-corrected chi connectivity index (χ4v) is 1.45. The van der Waals surface area contributed by atoms with Crippen molar-refractivity contribution in [1.82, 2.24) is 5.32 Å². The molecule has 3 N–H and O–H groups in total. The Morgan fingerprint density at radius 1 is 1.24 bits per heavy atom. The number of benzene rings is 1. The molecular weight excluding hydrogens is 222 g/mol. The molecule has 0 radical (unpaired) electrons. The van der Waals surface area contributed by atoms with Crippen molar-refractivity contribution in [2.75, 3.05) is 13.2 Å². The molecule has 0 spiro atoms. The summed E-state index contributed by atoms with van der Waals surface area (Å²) in [6.45, 7) is -0.732. The van der Waals surface area contributed by atoms with Crippen molar-refractivity contribution in [2.24, 2.45) is 5.92 Å². The van der Waals surface area contributed by atoms with E-state index in [2.05, 4.69) is 5.32 Å². The monoisotopic (exact) mass is 237 g/mol. The third-order valence-electron chi connectivity index (χ3n) is 2.33. The Kier molecular flexibility index (Phi) is 5.16. The maximum Gasteiger partial charge on any atom is 0.322 e. The standard InChI is InChI=1S/C12H15NO4/c14-8-10(12(17)13-7-11(15)16)6-9-4-2-1-3-5-9/h1-5,10,14H,6-8H2,(H,13,17)(H,15,16). The molecular formula is C12H15NO4. The number of nitrogens with one attached hydrogen (secondary N) is 1. The summed E-state index contributed by atoms with van der Waals surface area (Å²) in [4.78, 5) is 21.8. The molecule has 0 fully saturated rings. The van der Waals surface area contributed by atoms with Crippen molar-refractivity contribution >= 4 is 11.9 Å². The van der Waals surface area contributed by atoms with E-state index in [1.807, 2.05) is 30.3 Å². The van der Waals surface area contributed by atoms with Crippen molar-refractivity contribution in [3.8, 4) is 0 Å². The molecule has 0 bridgehead atoms. The van der Waals surface area contributed by atoms with Crippen LogP contribution in [-0.2, 0) is 16.0 Å². The number of carboxylic acid groups (broad SMARTS) is 1. The van der Waals surface area contributed by atoms with Gasteiger partial charge in [0.15, 0.2) is 0 Å². The van der Waals surface area contributed by atoms with Gasteiger partial charge in [0.2, 0.25) is 5.91 Å². The number of carbonyl (C=O) groups excluding carboxylic acids is 1. The highest BCUT2D eigenvalue weighted by atomic mass is 16.4. The number of aliphatic hydroxyl groups excluding tert-OH is 1. The quantitative estimate of drug-likeness (QED) is 0.652. The van der Waals surface area contributed by atoms with Crippen LogP contribution >= 0.6 is 0 Å². The minimum Gasteiger partial charge on any atom is -0.480 e. The number of aliphatic hydroxyl groups is 1. The van der Waals surface area contributed by atoms with Gasteiger partial charge in [0.05, 0.1) is 12.5 Å². The topological polar surface area (TPSA) is 86.6 Å². The number of aliphatic carboxylic acids is 1. The minimum atomic E-state index is -1.10. The molecule has 0 aliphatic carbocycles. The van der Waals surface area contributed by atoms with E-state index < -0.39 is 24.3 Å². The van der Waals surface area contributed by atoms with Crippen LogP contribution in [-0.4, -0.2) is 35.2 Å². The van der Waals surface area contributed by atoms with Gasteiger partial charge in [-0.25, -0.2) is 0 Å². The Balaban J connectivity index is 2.53. The highest BCUT2D eigenvalue weighted by Gasteiger charge is 2.18. The van der Waals surface area contributed by atoms with Gasteiger partial charge in [0.25, 0.3) is 0 Å². The van der Waals surface area contributed by atoms with E-state index in [0.717, 1.165) is 5.56 Å². The summed E-state index contributed by atoms with van der Waals surface area (Å²) < 4.78 is 0. The zero-order chi connectivity index (χ0) is 12.7. The van der Waals surface area contributed by atoms with E-state index in [1.165, 1.54) is 0 Å². The Bertz CT molecular complexity index is 377. The number of amides is 1. The normalized spacial score (nSPS) is 11.8. The average molecular weight is 237 g/mol. The largest absolute Gasteiger partial charge is 0.480 e. The third kappa shape index (κ3) is 4.65. The summed E-state index contributed by atoms with van der Waals surface area (Å²) in [6.07, 6.45) is 0.392. The molecule has 1 aromatic rings. The second kappa shape index (κ2) is 6.65. The molecule has 5 heteroatoms. The Morgan fingerprint density at radius 3 is 2.41 bits per heavy atom. The van der Waals surface area contributed by atoms with Gasteiger partial charge in [-0.05, 0) is 12.0 Å². The fraction of sp³-hybridized carbons (Fsp3) is 0.333. The van der Waals surface area contributed by atoms with Gasteiger partial charge in [0.1, 0.15) is 6.54 Å². The van der Waals surface area contributed by atoms with E-state index in [4.69, 9.17) is 10.2 Å². The summed E-state index contributed by atoms with van der Waals surface area (Å²) >= 11 is 0. The number of rotatable bonds is 6. The lowest BCUT2D eigenvalue weighted by Gasteiger charge is -2.13. The predicted molar refractivity (Wildman–Crippen MR) is 61.4 cm³/mol. The molecule has 5 nitrogen and oxygen atoms in total. The predicted octanol–water partition coefficient (Wildman–Crippen LogP) is 0.0384. The molecule has 0 heterocycles. The Morgan fingerprint density at radius 2 is 1.88 bits per heavy atom. The van der Waals surface area contributed by atoms with Crippen LogP contribution in [0.2, 0.25) is 0 Å². The van der Waals surface area contributed by atoms with Crippen LogP contribution in [0.1, 0.15) is 5.56 Å². The first kappa shape index (κ1) is 13.2. The second-order valence-corrected chi connectivity index (χ2v) is 3.68. The van der Waals surface area contributed by atoms with Crippen LogP contribution in [0.5, 0.6) is 0 Å². The molecule has 92 valence electrons. The minimum absolute atomic E-state index is 0.305. The molecule has 0 aromatic heterocycles. The van der Waals surface area contributed by atoms with E-state index >= 15 is 0 Å². The van der Waals surface area contributed by atoms with E-state index in [0.29, 0.717) is 6.42 Å². The van der Waals surface area contributed by atoms with E-state index in [9.17, 15) is 9.59 Å². The van der Waals surface area contributed by atoms with Crippen LogP contribution in [0.4, 0.5) is 0 Å². The summed E-state index contributed by atoms with van der Waals surface area (Å²) in [5, 5.41) is 19.8. The number of hydrogen-bond donors (Lipinski definition) is 3. The van der Waals surface area contributed by atoms with E-state index in [-0.39, 0.29) is 6.61 Å². The molecule has 17 heavy (non-hydrogen) atoms. The van der Waals surface area contributed by atoms with Crippen molar-refractivity contribution < 1.29 is 19.8 Å². The summed E-state index contributed by atoms with van der Waals surface area (Å²) in [5.74, 6) is -2.16. The molecule has 0 aliphatic rings. The van der Waals surface area contributed by atoms with Gasteiger partial charge in [-0.3, -0.25) is 9.59 Å². The van der Waals surface area contributed by atoms with Gasteiger partial charge < -0.3 is 15.5 Å². The van der Waals surface area contributed by atoms with Crippen LogP contribution in [0.3, 0.4) is 0 Å². The zero-order valence-electron chi connectivity index (χ0n) is 9.30. The highest BCUT2D eigenvalue weighted by molar-refractivity contribution is 5.83. The molecule has 0 saturated heterocycles. The van der Waals surface area contributed by atoms with Gasteiger partial charge in [-0.2, -0.15) is 0 Å². The molecule has 0 aliphatic heterocycles. The highest BCUT2D eigenvalue weighted by Crippen LogP contribution is 2.08. The molecule has 1 unspecified atom stereocenters. The molecule has 1 atom stereocenters. The smallest absolute Gasteiger partial charge is 0.322 e. The summed E-state index contributed by atoms with van der Waals surface area (Å²) in [6, 6.07) is 9.26. The van der Waals surface area contributed by atoms with Crippen LogP contribution in [0, 0.1) is 5.92 Å². The first-order chi connectivity index (χ1) is 8.13. The van der Waals surface area contributed by atoms with Crippen molar-refractivity contribution in [3.63, 3.8) is 0 Å². The van der Waals surface area contributed by atoms with Gasteiger partial charge >= 0.3 is 5.97 Å². The molecule has 1 aromatic carbocycles. The fourth-order valence-electron chi connectivity index (χ4n) is 1.45. The second-order valence-electron chi connectivity index (χ2n) is 3.68. The maximum atomic E-state index is 11.5. The van der Waals surface area contributed by atoms with Crippen LogP contribution in [0.15, 0.2) is 30.3 Å². The Hall–Kier alpha value is -1.88. The van der Waals surface area contributed by atoms with Crippen molar-refractivity contribution in [1.29, 1.82) is 0 Å². The summed E-state index contributed by atoms with van der Waals surface area (Å²) in [7, 11) is 0. The number of carbonyl (C=O) groups is 2. The maximum absolute atomic E-state index is 11.5. The zero-order valence-corrected chi connectivity index (χ0v) is 9.30. The lowest BCUT2D eigenvalue weighted by Crippen LogP contribution is -2.37. The lowest BCUT2D eigenvalue weighted by molar-refractivity contribution is -0.138. The van der Waals surface area contributed by atoms with Gasteiger partial charge in [-0.15, -0.1) is 0 Å². The molecule has 1 amide bonds. The van der Waals surface area contributed by atoms with E-state index in [1.54, 1.807) is 0 Å². The van der Waals surface area contributed by atoms with Crippen molar-refractivity contribution in [2.45, 2.75) is 6.42 Å². The Labute approximate surface area is 99.1 Å². The lowest BCUT2D eigenvalue weighted by atomic mass is 9.99. The first-order valence-electron chi connectivity index (χ1n) is 5.27. The SMILES string of the molecule is O=C(O)CNC(=O)C(CO)Cc1ccccc1. The third-order valence-corrected chi connectivity index (χ3v) is 2.33. The van der Waals surface area contributed by atoms with Gasteiger partial charge in [-0.1, -0.05) is 30.3 Å². The molecule has 0 saturated carbocycles. The summed E-state index contributed by atoms with van der Waals surface area (Å²) in [5.41, 5.74) is 0.928. The van der Waals surface area contributed by atoms with Crippen LogP contribution < -0.4 is 5.32 Å². The van der Waals surface area contributed by atoms with Crippen molar-refractivity contribution in [3.05, 3.63) is 35.9 Å². The number of carboxylic acids is 1. The van der Waals surface area contributed by atoms with Crippen LogP contribution in [0.25, 0.3) is 0 Å². The number of hydrogen-bond acceptors (Lipinski definition) is 3. The van der Waals surface area contributed by atoms with Gasteiger partial charge in [0, 0.05) is 0 Å². The first-order valence-corrected chi connectivity index (χ1v) is 5.27. The average Bonchev–Trinajstić information content (AvgIpc) is 2.34. The molecule has 1 rings (SSSR count).